The number of nitrogens with one attached hydrogen (secondary N) is 2. The van der Waals surface area contributed by atoms with Gasteiger partial charge in [-0.2, -0.15) is 0 Å². The van der Waals surface area contributed by atoms with Crippen LogP contribution in [0.25, 0.3) is 0 Å². The molecular weight excluding hydrogens is 260 g/mol. The Bertz CT molecular complexity index is 319. The fourth-order valence-electron chi connectivity index (χ4n) is 1.14. The van der Waals surface area contributed by atoms with E-state index in [0.29, 0.717) is 11.5 Å². The first kappa shape index (κ1) is 16.9. The summed E-state index contributed by atoms with van der Waals surface area (Å²) in [5, 5.41) is 23.0. The molecule has 2 amide bonds. The molecule has 2 atom stereocenters. The Balaban J connectivity index is 3.82. The molecule has 0 aromatic carbocycles. The van der Waals surface area contributed by atoms with E-state index in [2.05, 4.69) is 10.6 Å². The van der Waals surface area contributed by atoms with Gasteiger partial charge in [0.2, 0.25) is 0 Å². The van der Waals surface area contributed by atoms with Crippen molar-refractivity contribution in [3.8, 4) is 0 Å². The molecule has 0 aliphatic carbocycles. The van der Waals surface area contributed by atoms with Crippen molar-refractivity contribution in [1.82, 2.24) is 10.6 Å². The van der Waals surface area contributed by atoms with Crippen LogP contribution in [-0.2, 0) is 15.6 Å². The molecule has 0 heterocycles. The molecule has 0 aliphatic heterocycles. The first-order valence-corrected chi connectivity index (χ1v) is 7.06. The van der Waals surface area contributed by atoms with E-state index in [4.69, 9.17) is 5.11 Å². The zero-order valence-corrected chi connectivity index (χ0v) is 11.4. The summed E-state index contributed by atoms with van der Waals surface area (Å²) in [5.41, 5.74) is -1.49. The van der Waals surface area contributed by atoms with E-state index in [1.165, 1.54) is 6.92 Å². The molecule has 2 unspecified atom stereocenters. The highest BCUT2D eigenvalue weighted by atomic mass is 32.2. The molecule has 0 saturated heterocycles. The van der Waals surface area contributed by atoms with Gasteiger partial charge in [-0.3, -0.25) is 9.00 Å². The standard InChI is InChI=1S/C10H20N2O5S/c1-3-18(17)5-4-11-9(15)12-7-10(2,16)6-8(13)14/h16H,3-7H2,1-2H3,(H,13,14)(H2,11,12,15). The lowest BCUT2D eigenvalue weighted by molar-refractivity contribution is -0.141. The molecule has 0 radical (unpaired) electrons. The number of carboxylic acid groups (broad SMARTS) is 1. The van der Waals surface area contributed by atoms with Crippen LogP contribution in [0.1, 0.15) is 20.3 Å². The summed E-state index contributed by atoms with van der Waals surface area (Å²) in [6.07, 6.45) is -0.451. The fraction of sp³-hybridized carbons (Fsp3) is 0.800. The van der Waals surface area contributed by atoms with Crippen LogP contribution in [0, 0.1) is 0 Å². The summed E-state index contributed by atoms with van der Waals surface area (Å²) in [6.45, 7) is 3.22. The van der Waals surface area contributed by atoms with Crippen molar-refractivity contribution < 1.29 is 24.0 Å². The van der Waals surface area contributed by atoms with Crippen LogP contribution in [0.3, 0.4) is 0 Å². The zero-order valence-electron chi connectivity index (χ0n) is 10.6. The summed E-state index contributed by atoms with van der Waals surface area (Å²) >= 11 is 0. The monoisotopic (exact) mass is 280 g/mol. The quantitative estimate of drug-likeness (QED) is 0.468. The van der Waals surface area contributed by atoms with Crippen LogP contribution in [0.5, 0.6) is 0 Å². The summed E-state index contributed by atoms with van der Waals surface area (Å²) in [5.74, 6) is -0.230. The molecule has 8 heteroatoms. The summed E-state index contributed by atoms with van der Waals surface area (Å²) in [7, 11) is -0.942. The molecular formula is C10H20N2O5S. The lowest BCUT2D eigenvalue weighted by atomic mass is 10.0. The normalized spacial score (nSPS) is 15.5. The van der Waals surface area contributed by atoms with Crippen molar-refractivity contribution in [1.29, 1.82) is 0 Å². The van der Waals surface area contributed by atoms with Crippen molar-refractivity contribution in [2.75, 3.05) is 24.6 Å². The fourth-order valence-corrected chi connectivity index (χ4v) is 1.76. The Hall–Kier alpha value is -1.15. The number of carboxylic acids is 1. The Morgan fingerprint density at radius 3 is 2.44 bits per heavy atom. The molecule has 18 heavy (non-hydrogen) atoms. The second kappa shape index (κ2) is 8.04. The van der Waals surface area contributed by atoms with Gasteiger partial charge in [-0.05, 0) is 6.92 Å². The van der Waals surface area contributed by atoms with Crippen LogP contribution < -0.4 is 10.6 Å². The first-order valence-electron chi connectivity index (χ1n) is 5.57. The van der Waals surface area contributed by atoms with Gasteiger partial charge in [0.05, 0.1) is 12.0 Å². The average Bonchev–Trinajstić information content (AvgIpc) is 2.24. The van der Waals surface area contributed by atoms with Crippen LogP contribution >= 0.6 is 0 Å². The van der Waals surface area contributed by atoms with Crippen molar-refractivity contribution in [2.45, 2.75) is 25.9 Å². The molecule has 0 aromatic rings. The summed E-state index contributed by atoms with van der Waals surface area (Å²) < 4.78 is 11.1. The van der Waals surface area contributed by atoms with Crippen molar-refractivity contribution in [3.05, 3.63) is 0 Å². The highest BCUT2D eigenvalue weighted by Crippen LogP contribution is 2.06. The third kappa shape index (κ3) is 8.94. The van der Waals surface area contributed by atoms with E-state index in [1.54, 1.807) is 6.92 Å². The van der Waals surface area contributed by atoms with Crippen LogP contribution in [-0.4, -0.2) is 56.6 Å². The molecule has 0 aromatic heterocycles. The number of aliphatic carboxylic acids is 1. The SMILES string of the molecule is CCS(=O)CCNC(=O)NCC(C)(O)CC(=O)O. The van der Waals surface area contributed by atoms with E-state index < -0.39 is 34.8 Å². The Kier molecular flexibility index (Phi) is 7.53. The van der Waals surface area contributed by atoms with E-state index >= 15 is 0 Å². The maximum Gasteiger partial charge on any atom is 0.314 e. The minimum absolute atomic E-state index is 0.165. The Labute approximate surface area is 108 Å². The van der Waals surface area contributed by atoms with Crippen molar-refractivity contribution >= 4 is 22.8 Å². The van der Waals surface area contributed by atoms with Gasteiger partial charge in [0.1, 0.15) is 0 Å². The highest BCUT2D eigenvalue weighted by molar-refractivity contribution is 7.84. The largest absolute Gasteiger partial charge is 0.481 e. The third-order valence-corrected chi connectivity index (χ3v) is 3.40. The topological polar surface area (TPSA) is 116 Å². The van der Waals surface area contributed by atoms with Crippen LogP contribution in [0.2, 0.25) is 0 Å². The maximum absolute atomic E-state index is 11.3. The van der Waals surface area contributed by atoms with Crippen LogP contribution in [0.4, 0.5) is 4.79 Å². The van der Waals surface area contributed by atoms with Gasteiger partial charge in [0.15, 0.2) is 0 Å². The molecule has 0 rings (SSSR count). The Morgan fingerprint density at radius 2 is 1.94 bits per heavy atom. The molecule has 106 valence electrons. The van der Waals surface area contributed by atoms with Crippen molar-refractivity contribution in [3.63, 3.8) is 0 Å². The molecule has 7 nitrogen and oxygen atoms in total. The van der Waals surface area contributed by atoms with Gasteiger partial charge in [-0.1, -0.05) is 6.92 Å². The van der Waals surface area contributed by atoms with Gasteiger partial charge in [0, 0.05) is 35.4 Å². The molecule has 0 bridgehead atoms. The second-order valence-electron chi connectivity index (χ2n) is 4.11. The second-order valence-corrected chi connectivity index (χ2v) is 5.97. The molecule has 0 spiro atoms. The molecule has 0 aliphatic rings. The number of urea groups is 1. The summed E-state index contributed by atoms with van der Waals surface area (Å²) in [6, 6.07) is -0.520. The minimum atomic E-state index is -1.49. The lowest BCUT2D eigenvalue weighted by Gasteiger charge is -2.21. The predicted molar refractivity (Wildman–Crippen MR) is 67.8 cm³/mol. The smallest absolute Gasteiger partial charge is 0.314 e. The van der Waals surface area contributed by atoms with Crippen LogP contribution in [0.15, 0.2) is 0 Å². The van der Waals surface area contributed by atoms with E-state index in [-0.39, 0.29) is 13.1 Å². The van der Waals surface area contributed by atoms with Gasteiger partial charge < -0.3 is 20.8 Å². The molecule has 0 saturated carbocycles. The average molecular weight is 280 g/mol. The number of carbonyl (C=O) groups excluding carboxylic acids is 1. The van der Waals surface area contributed by atoms with Crippen molar-refractivity contribution in [2.24, 2.45) is 0 Å². The van der Waals surface area contributed by atoms with Gasteiger partial charge in [-0.25, -0.2) is 4.79 Å². The number of amides is 2. The zero-order chi connectivity index (χ0) is 14.2. The highest BCUT2D eigenvalue weighted by Gasteiger charge is 2.24. The summed E-state index contributed by atoms with van der Waals surface area (Å²) in [4.78, 5) is 21.7. The van der Waals surface area contributed by atoms with E-state index in [1.807, 2.05) is 0 Å². The number of aliphatic hydroxyl groups is 1. The minimum Gasteiger partial charge on any atom is -0.481 e. The number of hydrogen-bond acceptors (Lipinski definition) is 4. The molecule has 0 fully saturated rings. The number of carbonyl (C=O) groups is 2. The van der Waals surface area contributed by atoms with Gasteiger partial charge in [-0.15, -0.1) is 0 Å². The van der Waals surface area contributed by atoms with E-state index in [9.17, 15) is 18.9 Å². The maximum atomic E-state index is 11.3. The number of rotatable bonds is 8. The molecule has 4 N–H and O–H groups in total. The Morgan fingerprint density at radius 1 is 1.33 bits per heavy atom. The predicted octanol–water partition coefficient (Wildman–Crippen LogP) is -0.720. The van der Waals surface area contributed by atoms with Gasteiger partial charge in [0.25, 0.3) is 0 Å². The first-order chi connectivity index (χ1) is 8.26. The van der Waals surface area contributed by atoms with E-state index in [0.717, 1.165) is 0 Å². The third-order valence-electron chi connectivity index (χ3n) is 2.10. The lowest BCUT2D eigenvalue weighted by Crippen LogP contribution is -2.46. The number of hydrogen-bond donors (Lipinski definition) is 4. The van der Waals surface area contributed by atoms with Gasteiger partial charge >= 0.3 is 12.0 Å².